The second-order valence-corrected chi connectivity index (χ2v) is 7.08. The number of unbranched alkanes of at least 4 members (excludes halogenated alkanes) is 12. The van der Waals surface area contributed by atoms with Crippen LogP contribution in [0, 0.1) is 0 Å². The summed E-state index contributed by atoms with van der Waals surface area (Å²) in [5.41, 5.74) is 0. The summed E-state index contributed by atoms with van der Waals surface area (Å²) in [6.45, 7) is 5.46. The van der Waals surface area contributed by atoms with Crippen LogP contribution in [0.1, 0.15) is 96.8 Å². The SMILES string of the molecule is CCCCCCCCCCCCCCCC1=[N+](CCO)CCN1. The molecular formula is C20H41N2O+. The summed E-state index contributed by atoms with van der Waals surface area (Å²) in [5.74, 6) is 1.36. The van der Waals surface area contributed by atoms with Crippen molar-refractivity contribution in [3.63, 3.8) is 0 Å². The Labute approximate surface area is 144 Å². The maximum absolute atomic E-state index is 9.05. The van der Waals surface area contributed by atoms with Gasteiger partial charge in [0.15, 0.2) is 0 Å². The summed E-state index contributed by atoms with van der Waals surface area (Å²) in [6, 6.07) is 0. The molecule has 23 heavy (non-hydrogen) atoms. The van der Waals surface area contributed by atoms with Gasteiger partial charge >= 0.3 is 0 Å². The highest BCUT2D eigenvalue weighted by molar-refractivity contribution is 5.78. The van der Waals surface area contributed by atoms with Crippen molar-refractivity contribution in [3.05, 3.63) is 0 Å². The zero-order chi connectivity index (χ0) is 16.6. The molecule has 0 amide bonds. The van der Waals surface area contributed by atoms with E-state index >= 15 is 0 Å². The van der Waals surface area contributed by atoms with Gasteiger partial charge in [0, 0.05) is 6.42 Å². The van der Waals surface area contributed by atoms with Crippen LogP contribution < -0.4 is 5.32 Å². The highest BCUT2D eigenvalue weighted by atomic mass is 16.3. The predicted octanol–water partition coefficient (Wildman–Crippen LogP) is 4.47. The topological polar surface area (TPSA) is 35.3 Å². The van der Waals surface area contributed by atoms with Crippen LogP contribution in [0.5, 0.6) is 0 Å². The van der Waals surface area contributed by atoms with Crippen molar-refractivity contribution in [2.24, 2.45) is 0 Å². The quantitative estimate of drug-likeness (QED) is 0.324. The Hall–Kier alpha value is -0.570. The van der Waals surface area contributed by atoms with Gasteiger partial charge in [-0.25, -0.2) is 0 Å². The molecule has 0 aromatic rings. The van der Waals surface area contributed by atoms with E-state index in [1.54, 1.807) is 0 Å². The van der Waals surface area contributed by atoms with Crippen LogP contribution in [0.3, 0.4) is 0 Å². The third-order valence-electron chi connectivity index (χ3n) is 4.98. The third-order valence-corrected chi connectivity index (χ3v) is 4.98. The normalized spacial score (nSPS) is 14.5. The van der Waals surface area contributed by atoms with Gasteiger partial charge in [0.25, 0.3) is 0 Å². The molecule has 0 aliphatic carbocycles. The van der Waals surface area contributed by atoms with Crippen LogP contribution >= 0.6 is 0 Å². The van der Waals surface area contributed by atoms with Gasteiger partial charge in [0.2, 0.25) is 5.84 Å². The van der Waals surface area contributed by atoms with E-state index in [0.29, 0.717) is 0 Å². The molecule has 0 radical (unpaired) electrons. The number of rotatable bonds is 16. The Morgan fingerprint density at radius 2 is 1.35 bits per heavy atom. The molecular weight excluding hydrogens is 284 g/mol. The van der Waals surface area contributed by atoms with E-state index in [1.807, 2.05) is 0 Å². The van der Waals surface area contributed by atoms with Crippen molar-refractivity contribution in [3.8, 4) is 0 Å². The van der Waals surface area contributed by atoms with Crippen molar-refractivity contribution >= 4 is 5.84 Å². The molecule has 3 heteroatoms. The molecule has 0 aromatic carbocycles. The van der Waals surface area contributed by atoms with E-state index in [9.17, 15) is 0 Å². The van der Waals surface area contributed by atoms with E-state index in [1.165, 1.54) is 89.3 Å². The van der Waals surface area contributed by atoms with Gasteiger partial charge in [0.1, 0.15) is 19.6 Å². The standard InChI is InChI=1S/C20H40N2O/c1-2-3-4-5-6-7-8-9-10-11-12-13-14-15-20-21-16-17-22(20)18-19-23/h23H,2-19H2,1H3/p+1. The second-order valence-electron chi connectivity index (χ2n) is 7.08. The van der Waals surface area contributed by atoms with Gasteiger partial charge in [-0.1, -0.05) is 84.0 Å². The lowest BCUT2D eigenvalue weighted by Gasteiger charge is -2.04. The molecule has 3 nitrogen and oxygen atoms in total. The zero-order valence-electron chi connectivity index (χ0n) is 15.6. The second kappa shape index (κ2) is 15.0. The minimum absolute atomic E-state index is 0.268. The lowest BCUT2D eigenvalue weighted by molar-refractivity contribution is -0.521. The number of nitrogens with one attached hydrogen (secondary N) is 1. The fourth-order valence-corrected chi connectivity index (χ4v) is 3.51. The van der Waals surface area contributed by atoms with E-state index in [0.717, 1.165) is 26.1 Å². The van der Waals surface area contributed by atoms with Gasteiger partial charge in [-0.3, -0.25) is 9.89 Å². The van der Waals surface area contributed by atoms with Crippen LogP contribution in [0.25, 0.3) is 0 Å². The first-order chi connectivity index (χ1) is 11.4. The smallest absolute Gasteiger partial charge is 0.245 e. The number of aliphatic hydroxyl groups excluding tert-OH is 1. The Balaban J connectivity index is 1.82. The number of aliphatic hydroxyl groups is 1. The highest BCUT2D eigenvalue weighted by Crippen LogP contribution is 2.13. The first kappa shape index (κ1) is 20.5. The van der Waals surface area contributed by atoms with Crippen LogP contribution in [0.2, 0.25) is 0 Å². The maximum Gasteiger partial charge on any atom is 0.245 e. The van der Waals surface area contributed by atoms with Crippen molar-refractivity contribution < 1.29 is 9.68 Å². The van der Waals surface area contributed by atoms with Crippen molar-refractivity contribution in [1.82, 2.24) is 5.32 Å². The minimum Gasteiger partial charge on any atom is -0.392 e. The summed E-state index contributed by atoms with van der Waals surface area (Å²) in [5, 5.41) is 12.5. The molecule has 1 aliphatic heterocycles. The van der Waals surface area contributed by atoms with E-state index in [-0.39, 0.29) is 6.61 Å². The first-order valence-corrected chi connectivity index (χ1v) is 10.3. The van der Waals surface area contributed by atoms with Gasteiger partial charge < -0.3 is 5.11 Å². The molecule has 1 heterocycles. The Kier molecular flexibility index (Phi) is 13.3. The van der Waals surface area contributed by atoms with Crippen molar-refractivity contribution in [2.45, 2.75) is 96.8 Å². The molecule has 0 bridgehead atoms. The fraction of sp³-hybridized carbons (Fsp3) is 0.950. The molecule has 1 rings (SSSR count). The van der Waals surface area contributed by atoms with Crippen molar-refractivity contribution in [2.75, 3.05) is 26.2 Å². The molecule has 0 spiro atoms. The van der Waals surface area contributed by atoms with Gasteiger partial charge in [-0.05, 0) is 6.42 Å². The Morgan fingerprint density at radius 1 is 0.826 bits per heavy atom. The number of hydrogen-bond acceptors (Lipinski definition) is 2. The van der Waals surface area contributed by atoms with E-state index in [2.05, 4.69) is 16.8 Å². The summed E-state index contributed by atoms with van der Waals surface area (Å²) in [6.07, 6.45) is 19.5. The average molecular weight is 326 g/mol. The van der Waals surface area contributed by atoms with Crippen LogP contribution in [0.4, 0.5) is 0 Å². The summed E-state index contributed by atoms with van der Waals surface area (Å²) >= 11 is 0. The maximum atomic E-state index is 9.05. The molecule has 0 atom stereocenters. The fourth-order valence-electron chi connectivity index (χ4n) is 3.51. The zero-order valence-corrected chi connectivity index (χ0v) is 15.6. The van der Waals surface area contributed by atoms with Crippen LogP contribution in [0.15, 0.2) is 0 Å². The molecule has 1 aliphatic rings. The molecule has 0 saturated heterocycles. The lowest BCUT2D eigenvalue weighted by atomic mass is 10.0. The number of β-amino-alcohol motifs (C(OH)–C–C–N with tert-alkyl or cyclic N) is 1. The Bertz CT molecular complexity index is 302. The molecule has 0 saturated carbocycles. The minimum atomic E-state index is 0.268. The molecule has 2 N–H and O–H groups in total. The monoisotopic (exact) mass is 325 g/mol. The molecule has 0 fully saturated rings. The number of hydrogen-bond donors (Lipinski definition) is 2. The lowest BCUT2D eigenvalue weighted by Crippen LogP contribution is -2.24. The Morgan fingerprint density at radius 3 is 1.87 bits per heavy atom. The molecule has 136 valence electrons. The van der Waals surface area contributed by atoms with Crippen LogP contribution in [-0.2, 0) is 0 Å². The van der Waals surface area contributed by atoms with Crippen LogP contribution in [-0.4, -0.2) is 41.8 Å². The average Bonchev–Trinajstić information content (AvgIpc) is 2.99. The molecule has 0 unspecified atom stereocenters. The molecule has 0 aromatic heterocycles. The summed E-state index contributed by atoms with van der Waals surface area (Å²) < 4.78 is 2.31. The third kappa shape index (κ3) is 10.8. The summed E-state index contributed by atoms with van der Waals surface area (Å²) in [4.78, 5) is 0. The highest BCUT2D eigenvalue weighted by Gasteiger charge is 2.19. The van der Waals surface area contributed by atoms with E-state index in [4.69, 9.17) is 5.11 Å². The van der Waals surface area contributed by atoms with E-state index < -0.39 is 0 Å². The number of nitrogens with zero attached hydrogens (tertiary/aromatic N) is 1. The van der Waals surface area contributed by atoms with Gasteiger partial charge in [0.05, 0.1) is 6.61 Å². The summed E-state index contributed by atoms with van der Waals surface area (Å²) in [7, 11) is 0. The number of amidine groups is 1. The first-order valence-electron chi connectivity index (χ1n) is 10.3. The van der Waals surface area contributed by atoms with Gasteiger partial charge in [-0.15, -0.1) is 0 Å². The van der Waals surface area contributed by atoms with Gasteiger partial charge in [-0.2, -0.15) is 0 Å². The van der Waals surface area contributed by atoms with Crippen molar-refractivity contribution in [1.29, 1.82) is 0 Å². The predicted molar refractivity (Wildman–Crippen MR) is 100 cm³/mol. The largest absolute Gasteiger partial charge is 0.392 e.